The van der Waals surface area contributed by atoms with E-state index in [0.29, 0.717) is 0 Å². The number of H-pyrrole nitrogens is 1. The van der Waals surface area contributed by atoms with Crippen LogP contribution in [-0.4, -0.2) is 28.0 Å². The second-order valence-electron chi connectivity index (χ2n) is 5.15. The third-order valence-electron chi connectivity index (χ3n) is 3.56. The van der Waals surface area contributed by atoms with Gasteiger partial charge in [0.05, 0.1) is 0 Å². The Morgan fingerprint density at radius 3 is 2.79 bits per heavy atom. The van der Waals surface area contributed by atoms with Gasteiger partial charge in [-0.1, -0.05) is 22.0 Å². The normalized spacial score (nSPS) is 12.2. The van der Waals surface area contributed by atoms with Crippen LogP contribution in [0, 0.1) is 0 Å². The van der Waals surface area contributed by atoms with Crippen LogP contribution in [-0.2, 0) is 11.2 Å². The van der Waals surface area contributed by atoms with Crippen molar-refractivity contribution in [2.24, 2.45) is 0 Å². The number of hydrogen-bond donors (Lipinski definition) is 3. The van der Waals surface area contributed by atoms with Gasteiger partial charge in [0.15, 0.2) is 11.0 Å². The van der Waals surface area contributed by atoms with E-state index in [4.69, 9.17) is 16.0 Å². The number of benzene rings is 1. The van der Waals surface area contributed by atoms with Crippen LogP contribution in [0.25, 0.3) is 10.9 Å². The number of carbonyl (C=O) groups is 2. The molecule has 3 rings (SSSR count). The molecule has 1 aromatic carbocycles. The summed E-state index contributed by atoms with van der Waals surface area (Å²) in [6.07, 6.45) is 1.86. The third-order valence-corrected chi connectivity index (χ3v) is 4.43. The molecule has 1 unspecified atom stereocenters. The molecule has 24 heavy (non-hydrogen) atoms. The number of aliphatic carboxylic acids is 1. The van der Waals surface area contributed by atoms with E-state index in [1.54, 1.807) is 6.20 Å². The predicted molar refractivity (Wildman–Crippen MR) is 92.3 cm³/mol. The van der Waals surface area contributed by atoms with E-state index in [9.17, 15) is 14.7 Å². The van der Waals surface area contributed by atoms with Crippen LogP contribution in [0.5, 0.6) is 0 Å². The quantitative estimate of drug-likeness (QED) is 0.598. The minimum Gasteiger partial charge on any atom is -0.480 e. The molecule has 8 heteroatoms. The van der Waals surface area contributed by atoms with Gasteiger partial charge in [-0.25, -0.2) is 4.79 Å². The highest BCUT2D eigenvalue weighted by molar-refractivity contribution is 9.10. The van der Waals surface area contributed by atoms with Crippen LogP contribution >= 0.6 is 27.5 Å². The smallest absolute Gasteiger partial charge is 0.326 e. The Kier molecular flexibility index (Phi) is 4.64. The maximum absolute atomic E-state index is 12.1. The van der Waals surface area contributed by atoms with E-state index in [1.165, 1.54) is 12.1 Å². The number of halogens is 2. The topological polar surface area (TPSA) is 95.3 Å². The lowest BCUT2D eigenvalue weighted by Gasteiger charge is -2.13. The summed E-state index contributed by atoms with van der Waals surface area (Å²) in [4.78, 5) is 26.7. The Morgan fingerprint density at radius 1 is 1.33 bits per heavy atom. The van der Waals surface area contributed by atoms with Gasteiger partial charge in [-0.3, -0.25) is 4.79 Å². The van der Waals surface area contributed by atoms with Crippen molar-refractivity contribution in [3.63, 3.8) is 0 Å². The average Bonchev–Trinajstić information content (AvgIpc) is 3.14. The molecule has 0 fully saturated rings. The number of aromatic nitrogens is 1. The minimum absolute atomic E-state index is 0.0358. The lowest BCUT2D eigenvalue weighted by atomic mass is 10.0. The molecular formula is C16H12BrClN2O4. The van der Waals surface area contributed by atoms with Gasteiger partial charge in [0, 0.05) is 28.0 Å². The minimum atomic E-state index is -1.14. The summed E-state index contributed by atoms with van der Waals surface area (Å²) in [5.74, 6) is -1.80. The van der Waals surface area contributed by atoms with E-state index in [1.807, 2.05) is 18.2 Å². The van der Waals surface area contributed by atoms with Crippen molar-refractivity contribution in [2.45, 2.75) is 12.5 Å². The van der Waals surface area contributed by atoms with Crippen molar-refractivity contribution >= 4 is 50.3 Å². The molecule has 0 saturated carbocycles. The fraction of sp³-hybridized carbons (Fsp3) is 0.125. The number of hydrogen-bond acceptors (Lipinski definition) is 3. The van der Waals surface area contributed by atoms with Crippen molar-refractivity contribution < 1.29 is 19.1 Å². The summed E-state index contributed by atoms with van der Waals surface area (Å²) in [6, 6.07) is 7.35. The molecule has 0 aliphatic heterocycles. The summed E-state index contributed by atoms with van der Waals surface area (Å²) < 4.78 is 5.85. The van der Waals surface area contributed by atoms with E-state index >= 15 is 0 Å². The molecule has 0 radical (unpaired) electrons. The molecule has 3 aromatic rings. The number of amides is 1. The van der Waals surface area contributed by atoms with Gasteiger partial charge in [-0.15, -0.1) is 0 Å². The fourth-order valence-electron chi connectivity index (χ4n) is 2.45. The first-order chi connectivity index (χ1) is 11.5. The molecule has 0 saturated heterocycles. The Hall–Kier alpha value is -2.25. The SMILES string of the molecule is O=C(NC(Cc1c[nH]c2cccc(Br)c12)C(=O)O)c1ccc(Cl)o1. The Labute approximate surface area is 149 Å². The zero-order valence-corrected chi connectivity index (χ0v) is 14.5. The molecule has 0 bridgehead atoms. The number of carbonyl (C=O) groups excluding carboxylic acids is 1. The van der Waals surface area contributed by atoms with Gasteiger partial charge in [-0.05, 0) is 41.4 Å². The molecule has 124 valence electrons. The Balaban J connectivity index is 1.83. The van der Waals surface area contributed by atoms with Gasteiger partial charge < -0.3 is 19.8 Å². The molecule has 6 nitrogen and oxygen atoms in total. The van der Waals surface area contributed by atoms with Crippen LogP contribution < -0.4 is 5.32 Å². The second kappa shape index (κ2) is 6.70. The van der Waals surface area contributed by atoms with E-state index < -0.39 is 17.9 Å². The predicted octanol–water partition coefficient (Wildman–Crippen LogP) is 3.60. The van der Waals surface area contributed by atoms with E-state index in [2.05, 4.69) is 26.2 Å². The lowest BCUT2D eigenvalue weighted by molar-refractivity contribution is -0.139. The summed E-state index contributed by atoms with van der Waals surface area (Å²) in [5.41, 5.74) is 1.66. The van der Waals surface area contributed by atoms with Crippen LogP contribution in [0.1, 0.15) is 16.1 Å². The van der Waals surface area contributed by atoms with Gasteiger partial charge >= 0.3 is 5.97 Å². The van der Waals surface area contributed by atoms with E-state index in [-0.39, 0.29) is 17.4 Å². The maximum Gasteiger partial charge on any atom is 0.326 e. The average molecular weight is 412 g/mol. The number of furan rings is 1. The van der Waals surface area contributed by atoms with Crippen LogP contribution in [0.3, 0.4) is 0 Å². The fourth-order valence-corrected chi connectivity index (χ4v) is 3.22. The summed E-state index contributed by atoms with van der Waals surface area (Å²) in [5, 5.41) is 12.8. The van der Waals surface area contributed by atoms with E-state index in [0.717, 1.165) is 20.9 Å². The van der Waals surface area contributed by atoms with Crippen LogP contribution in [0.2, 0.25) is 5.22 Å². The zero-order chi connectivity index (χ0) is 17.3. The number of rotatable bonds is 5. The second-order valence-corrected chi connectivity index (χ2v) is 6.38. The summed E-state index contributed by atoms with van der Waals surface area (Å²) in [6.45, 7) is 0. The van der Waals surface area contributed by atoms with Gasteiger partial charge in [0.2, 0.25) is 0 Å². The van der Waals surface area contributed by atoms with Crippen LogP contribution in [0.4, 0.5) is 0 Å². The largest absolute Gasteiger partial charge is 0.480 e. The van der Waals surface area contributed by atoms with Crippen LogP contribution in [0.15, 0.2) is 45.4 Å². The van der Waals surface area contributed by atoms with Gasteiger partial charge in [0.1, 0.15) is 6.04 Å². The number of aromatic amines is 1. The molecule has 3 N–H and O–H groups in total. The number of fused-ring (bicyclic) bond motifs is 1. The van der Waals surface area contributed by atoms with Gasteiger partial charge in [-0.2, -0.15) is 0 Å². The van der Waals surface area contributed by atoms with Crippen molar-refractivity contribution in [1.82, 2.24) is 10.3 Å². The highest BCUT2D eigenvalue weighted by Gasteiger charge is 2.24. The molecule has 0 aliphatic carbocycles. The highest BCUT2D eigenvalue weighted by atomic mass is 79.9. The Morgan fingerprint density at radius 2 is 2.12 bits per heavy atom. The summed E-state index contributed by atoms with van der Waals surface area (Å²) in [7, 11) is 0. The zero-order valence-electron chi connectivity index (χ0n) is 12.2. The number of carboxylic acids is 1. The van der Waals surface area contributed by atoms with Crippen molar-refractivity contribution in [2.75, 3.05) is 0 Å². The molecule has 2 heterocycles. The molecule has 0 aliphatic rings. The molecule has 2 aromatic heterocycles. The van der Waals surface area contributed by atoms with Crippen molar-refractivity contribution in [1.29, 1.82) is 0 Å². The van der Waals surface area contributed by atoms with Gasteiger partial charge in [0.25, 0.3) is 5.91 Å². The maximum atomic E-state index is 12.1. The highest BCUT2D eigenvalue weighted by Crippen LogP contribution is 2.27. The van der Waals surface area contributed by atoms with Crippen molar-refractivity contribution in [3.8, 4) is 0 Å². The molecule has 0 spiro atoms. The first-order valence-electron chi connectivity index (χ1n) is 6.99. The lowest BCUT2D eigenvalue weighted by Crippen LogP contribution is -2.42. The first-order valence-corrected chi connectivity index (χ1v) is 8.16. The standard InChI is InChI=1S/C16H12BrClN2O4/c17-9-2-1-3-10-14(9)8(7-19-10)6-11(16(22)23)20-15(21)12-4-5-13(18)24-12/h1-5,7,11,19H,6H2,(H,20,21)(H,22,23). The van der Waals surface area contributed by atoms with Crippen molar-refractivity contribution in [3.05, 3.63) is 57.5 Å². The molecular weight excluding hydrogens is 400 g/mol. The number of nitrogens with one attached hydrogen (secondary N) is 2. The third kappa shape index (κ3) is 3.32. The summed E-state index contributed by atoms with van der Waals surface area (Å²) >= 11 is 9.09. The Bertz CT molecular complexity index is 918. The first kappa shape index (κ1) is 16.6. The number of carboxylic acid groups (broad SMARTS) is 1. The molecule has 1 amide bonds. The monoisotopic (exact) mass is 410 g/mol. The molecule has 1 atom stereocenters.